The van der Waals surface area contributed by atoms with Crippen molar-refractivity contribution in [1.82, 2.24) is 14.7 Å². The number of anilines is 2. The molecule has 31 heavy (non-hydrogen) atoms. The summed E-state index contributed by atoms with van der Waals surface area (Å²) in [6, 6.07) is 1.36. The topological polar surface area (TPSA) is 122 Å². The van der Waals surface area contributed by atoms with Gasteiger partial charge in [0.05, 0.1) is 5.69 Å². The second-order valence-corrected chi connectivity index (χ2v) is 11.1. The van der Waals surface area contributed by atoms with Gasteiger partial charge >= 0.3 is 0 Å². The van der Waals surface area contributed by atoms with E-state index in [1.165, 1.54) is 0 Å². The molecule has 0 spiro atoms. The van der Waals surface area contributed by atoms with Crippen LogP contribution in [-0.4, -0.2) is 43.5 Å². The van der Waals surface area contributed by atoms with E-state index < -0.39 is 26.6 Å². The molecule has 2 heterocycles. The van der Waals surface area contributed by atoms with Gasteiger partial charge < -0.3 is 16.4 Å². The highest BCUT2D eigenvalue weighted by Gasteiger charge is 2.36. The summed E-state index contributed by atoms with van der Waals surface area (Å²) in [4.78, 5) is 2.89. The van der Waals surface area contributed by atoms with Crippen molar-refractivity contribution >= 4 is 32.4 Å². The Balaban J connectivity index is 1.72. The number of hydrogen-bond donors (Lipinski definition) is 4. The number of nitrogens with zero attached hydrogens (tertiary/aromatic N) is 2. The average Bonchev–Trinajstić information content (AvgIpc) is 3.29. The first kappa shape index (κ1) is 23.8. The Labute approximate surface area is 185 Å². The van der Waals surface area contributed by atoms with Gasteiger partial charge in [0.15, 0.2) is 0 Å². The van der Waals surface area contributed by atoms with Gasteiger partial charge in [0.1, 0.15) is 22.9 Å². The first-order valence-electron chi connectivity index (χ1n) is 9.98. The van der Waals surface area contributed by atoms with E-state index in [9.17, 15) is 17.2 Å². The monoisotopic (exact) mass is 474 g/mol. The Hall–Kier alpha value is -1.89. The van der Waals surface area contributed by atoms with Crippen LogP contribution < -0.4 is 21.1 Å². The summed E-state index contributed by atoms with van der Waals surface area (Å²) in [5.74, 6) is -1.48. The molecule has 0 bridgehead atoms. The number of benzene rings is 1. The molecule has 1 aromatic carbocycles. The van der Waals surface area contributed by atoms with Crippen molar-refractivity contribution < 1.29 is 17.2 Å². The second kappa shape index (κ2) is 9.31. The maximum atomic E-state index is 14.6. The minimum atomic E-state index is -4.34. The fourth-order valence-electron chi connectivity index (χ4n) is 3.74. The summed E-state index contributed by atoms with van der Waals surface area (Å²) in [7, 11) is -4.34. The summed E-state index contributed by atoms with van der Waals surface area (Å²) < 4.78 is 59.7. The van der Waals surface area contributed by atoms with Gasteiger partial charge in [-0.1, -0.05) is 13.8 Å². The molecule has 8 nitrogen and oxygen atoms in total. The van der Waals surface area contributed by atoms with Gasteiger partial charge in [-0.2, -0.15) is 4.37 Å². The minimum Gasteiger partial charge on any atom is -0.382 e. The molecule has 172 valence electrons. The average molecular weight is 475 g/mol. The highest BCUT2D eigenvalue weighted by molar-refractivity contribution is 7.93. The van der Waals surface area contributed by atoms with E-state index in [2.05, 4.69) is 38.6 Å². The molecule has 3 unspecified atom stereocenters. The number of nitrogens with one attached hydrogen (secondary N) is 3. The summed E-state index contributed by atoms with van der Waals surface area (Å²) in [6.45, 7) is 8.47. The van der Waals surface area contributed by atoms with Gasteiger partial charge in [-0.3, -0.25) is 4.72 Å². The number of nitrogens with two attached hydrogens (primary N) is 1. The number of sulfonamides is 1. The van der Waals surface area contributed by atoms with Gasteiger partial charge in [0.25, 0.3) is 10.0 Å². The smallest absolute Gasteiger partial charge is 0.266 e. The zero-order valence-electron chi connectivity index (χ0n) is 17.7. The third-order valence-corrected chi connectivity index (χ3v) is 7.92. The number of hydrogen-bond acceptors (Lipinski definition) is 8. The van der Waals surface area contributed by atoms with Crippen molar-refractivity contribution in [2.24, 2.45) is 23.0 Å². The van der Waals surface area contributed by atoms with E-state index in [-0.39, 0.29) is 28.2 Å². The molecule has 0 amide bonds. The SMILES string of the molecule is CC(N)C(CNc1cc(F)c(S(=O)(=O)Nc2ncns2)cc1F)CC1CNCC1(C)C. The fraction of sp³-hybridized carbons (Fsp3) is 0.579. The molecule has 3 atom stereocenters. The molecule has 1 saturated heterocycles. The number of aromatic nitrogens is 2. The van der Waals surface area contributed by atoms with Crippen LogP contribution in [0, 0.1) is 28.9 Å². The fourth-order valence-corrected chi connectivity index (χ4v) is 5.47. The van der Waals surface area contributed by atoms with E-state index >= 15 is 0 Å². The Morgan fingerprint density at radius 2 is 2.10 bits per heavy atom. The van der Waals surface area contributed by atoms with E-state index in [0.29, 0.717) is 18.5 Å². The summed E-state index contributed by atoms with van der Waals surface area (Å²) in [6.07, 6.45) is 2.00. The third-order valence-electron chi connectivity index (χ3n) is 5.86. The molecule has 0 saturated carbocycles. The lowest BCUT2D eigenvalue weighted by molar-refractivity contribution is 0.229. The van der Waals surface area contributed by atoms with Gasteiger partial charge in [-0.05, 0) is 43.2 Å². The number of rotatable bonds is 9. The Kier molecular flexibility index (Phi) is 7.14. The molecule has 1 aromatic heterocycles. The summed E-state index contributed by atoms with van der Waals surface area (Å²) in [5, 5.41) is 6.27. The van der Waals surface area contributed by atoms with Crippen molar-refractivity contribution in [1.29, 1.82) is 0 Å². The van der Waals surface area contributed by atoms with Gasteiger partial charge in [-0.15, -0.1) is 0 Å². The maximum Gasteiger partial charge on any atom is 0.266 e. The molecule has 1 aliphatic rings. The lowest BCUT2D eigenvalue weighted by Gasteiger charge is -2.31. The second-order valence-electron chi connectivity index (χ2n) is 8.67. The van der Waals surface area contributed by atoms with Crippen molar-refractivity contribution in [3.05, 3.63) is 30.1 Å². The Morgan fingerprint density at radius 3 is 2.68 bits per heavy atom. The first-order valence-corrected chi connectivity index (χ1v) is 12.2. The van der Waals surface area contributed by atoms with Crippen molar-refractivity contribution in [3.63, 3.8) is 0 Å². The van der Waals surface area contributed by atoms with E-state index in [0.717, 1.165) is 43.4 Å². The van der Waals surface area contributed by atoms with E-state index in [1.54, 1.807) is 0 Å². The molecule has 5 N–H and O–H groups in total. The van der Waals surface area contributed by atoms with Crippen LogP contribution in [0.1, 0.15) is 27.2 Å². The van der Waals surface area contributed by atoms with Crippen LogP contribution in [0.5, 0.6) is 0 Å². The normalized spacial score (nSPS) is 20.4. The predicted molar refractivity (Wildman–Crippen MR) is 117 cm³/mol. The van der Waals surface area contributed by atoms with Gasteiger partial charge in [-0.25, -0.2) is 22.2 Å². The molecule has 3 rings (SSSR count). The highest BCUT2D eigenvalue weighted by Crippen LogP contribution is 2.35. The Bertz CT molecular complexity index is 999. The van der Waals surface area contributed by atoms with Crippen LogP contribution in [0.2, 0.25) is 0 Å². The third kappa shape index (κ3) is 5.68. The summed E-state index contributed by atoms with van der Waals surface area (Å²) >= 11 is 0.788. The van der Waals surface area contributed by atoms with Crippen LogP contribution in [0.3, 0.4) is 0 Å². The first-order chi connectivity index (χ1) is 14.5. The van der Waals surface area contributed by atoms with Crippen molar-refractivity contribution in [3.8, 4) is 0 Å². The molecular weight excluding hydrogens is 446 g/mol. The van der Waals surface area contributed by atoms with Crippen LogP contribution in [0.15, 0.2) is 23.4 Å². The maximum absolute atomic E-state index is 14.6. The molecular formula is C19H28F2N6O2S2. The standard InChI is InChI=1S/C19H28F2N6O2S2/c1-11(22)12(4-13-8-23-9-19(13,2)3)7-24-16-5-15(21)17(6-14(16)20)31(28,29)27-18-25-10-26-30-18/h5-6,10-13,23-24H,4,7-9,22H2,1-3H3,(H,25,26,27). The van der Waals surface area contributed by atoms with Crippen molar-refractivity contribution in [2.45, 2.75) is 38.1 Å². The lowest BCUT2D eigenvalue weighted by atomic mass is 9.76. The lowest BCUT2D eigenvalue weighted by Crippen LogP contribution is -2.36. The molecule has 12 heteroatoms. The van der Waals surface area contributed by atoms with E-state index in [4.69, 9.17) is 5.73 Å². The van der Waals surface area contributed by atoms with Crippen LogP contribution in [0.4, 0.5) is 19.6 Å². The summed E-state index contributed by atoms with van der Waals surface area (Å²) in [5.41, 5.74) is 6.19. The molecule has 0 aliphatic carbocycles. The zero-order valence-corrected chi connectivity index (χ0v) is 19.3. The van der Waals surface area contributed by atoms with Gasteiger partial charge in [0, 0.05) is 36.7 Å². The number of halogens is 2. The van der Waals surface area contributed by atoms with Crippen LogP contribution in [0.25, 0.3) is 0 Å². The highest BCUT2D eigenvalue weighted by atomic mass is 32.2. The minimum absolute atomic E-state index is 0.0360. The van der Waals surface area contributed by atoms with Crippen LogP contribution >= 0.6 is 11.5 Å². The molecule has 1 aliphatic heterocycles. The zero-order chi connectivity index (χ0) is 22.8. The Morgan fingerprint density at radius 1 is 1.35 bits per heavy atom. The molecule has 1 fully saturated rings. The van der Waals surface area contributed by atoms with Crippen molar-refractivity contribution in [2.75, 3.05) is 29.7 Å². The quantitative estimate of drug-likeness (QED) is 0.441. The largest absolute Gasteiger partial charge is 0.382 e. The molecule has 2 aromatic rings. The van der Waals surface area contributed by atoms with E-state index in [1.807, 2.05) is 6.92 Å². The molecule has 0 radical (unpaired) electrons. The van der Waals surface area contributed by atoms with Gasteiger partial charge in [0.2, 0.25) is 5.13 Å². The van der Waals surface area contributed by atoms with Crippen LogP contribution in [-0.2, 0) is 10.0 Å². The predicted octanol–water partition coefficient (Wildman–Crippen LogP) is 2.63.